The topological polar surface area (TPSA) is 26.0 Å². The summed E-state index contributed by atoms with van der Waals surface area (Å²) in [4.78, 5) is 0. The summed E-state index contributed by atoms with van der Waals surface area (Å²) >= 11 is 0. The molecule has 0 unspecified atom stereocenters. The van der Waals surface area contributed by atoms with Gasteiger partial charge in [-0.3, -0.25) is 0 Å². The maximum atomic E-state index is 13.7. The van der Waals surface area contributed by atoms with Crippen LogP contribution in [0, 0.1) is 12.7 Å². The Labute approximate surface area is 107 Å². The van der Waals surface area contributed by atoms with Crippen LogP contribution in [-0.2, 0) is 6.18 Å². The molecule has 0 aliphatic carbocycles. The molecule has 0 saturated carbocycles. The number of alkyl halides is 3. The Hall–Kier alpha value is -2.04. The number of benzene rings is 2. The molecular weight excluding hydrogens is 258 g/mol. The van der Waals surface area contributed by atoms with Crippen molar-refractivity contribution in [2.24, 2.45) is 0 Å². The number of rotatable bonds is 1. The average Bonchev–Trinajstić information content (AvgIpc) is 2.33. The van der Waals surface area contributed by atoms with Gasteiger partial charge in [0.15, 0.2) is 0 Å². The van der Waals surface area contributed by atoms with E-state index in [-0.39, 0.29) is 5.56 Å². The first-order valence-corrected chi connectivity index (χ1v) is 5.52. The van der Waals surface area contributed by atoms with E-state index in [0.29, 0.717) is 16.8 Å². The van der Waals surface area contributed by atoms with Gasteiger partial charge in [-0.15, -0.1) is 0 Å². The maximum absolute atomic E-state index is 13.7. The van der Waals surface area contributed by atoms with Crippen molar-refractivity contribution in [1.29, 1.82) is 0 Å². The van der Waals surface area contributed by atoms with Crippen LogP contribution in [0.3, 0.4) is 0 Å². The van der Waals surface area contributed by atoms with Gasteiger partial charge >= 0.3 is 6.18 Å². The minimum atomic E-state index is -4.39. The van der Waals surface area contributed by atoms with Crippen LogP contribution in [0.2, 0.25) is 0 Å². The highest BCUT2D eigenvalue weighted by molar-refractivity contribution is 5.68. The second kappa shape index (κ2) is 4.57. The van der Waals surface area contributed by atoms with Crippen LogP contribution in [0.5, 0.6) is 0 Å². The summed E-state index contributed by atoms with van der Waals surface area (Å²) in [6.07, 6.45) is -4.39. The summed E-state index contributed by atoms with van der Waals surface area (Å²) in [5.41, 5.74) is 6.41. The summed E-state index contributed by atoms with van der Waals surface area (Å²) < 4.78 is 51.0. The van der Waals surface area contributed by atoms with Crippen molar-refractivity contribution in [3.8, 4) is 11.1 Å². The Morgan fingerprint density at radius 2 is 1.58 bits per heavy atom. The number of halogens is 4. The molecule has 0 bridgehead atoms. The third-order valence-corrected chi connectivity index (χ3v) is 2.88. The van der Waals surface area contributed by atoms with E-state index in [1.165, 1.54) is 24.3 Å². The van der Waals surface area contributed by atoms with E-state index in [9.17, 15) is 17.6 Å². The first kappa shape index (κ1) is 13.4. The summed E-state index contributed by atoms with van der Waals surface area (Å²) in [6, 6.07) is 7.05. The van der Waals surface area contributed by atoms with Gasteiger partial charge in [0.1, 0.15) is 5.82 Å². The standard InChI is InChI=1S/C14H11F4N/c1-8-6-11(12(15)7-13(8)19)9-2-4-10(5-3-9)14(16,17)18/h2-7H,19H2,1H3. The molecule has 0 heterocycles. The van der Waals surface area contributed by atoms with Gasteiger partial charge in [0.25, 0.3) is 0 Å². The number of hydrogen-bond acceptors (Lipinski definition) is 1. The Kier molecular flexibility index (Phi) is 3.22. The maximum Gasteiger partial charge on any atom is 0.416 e. The number of anilines is 1. The lowest BCUT2D eigenvalue weighted by Gasteiger charge is -2.10. The Bertz CT molecular complexity index is 600. The van der Waals surface area contributed by atoms with Crippen molar-refractivity contribution < 1.29 is 17.6 Å². The van der Waals surface area contributed by atoms with Crippen LogP contribution < -0.4 is 5.73 Å². The third kappa shape index (κ3) is 2.70. The summed E-state index contributed by atoms with van der Waals surface area (Å²) in [7, 11) is 0. The molecule has 0 aromatic heterocycles. The predicted octanol–water partition coefficient (Wildman–Crippen LogP) is 4.40. The molecule has 2 aromatic carbocycles. The van der Waals surface area contributed by atoms with Gasteiger partial charge in [-0.1, -0.05) is 12.1 Å². The minimum absolute atomic E-state index is 0.237. The minimum Gasteiger partial charge on any atom is -0.398 e. The first-order chi connectivity index (χ1) is 8.79. The van der Waals surface area contributed by atoms with Gasteiger partial charge in [-0.05, 0) is 42.3 Å². The summed E-state index contributed by atoms with van der Waals surface area (Å²) in [5.74, 6) is -0.553. The third-order valence-electron chi connectivity index (χ3n) is 2.88. The molecule has 0 aliphatic heterocycles. The van der Waals surface area contributed by atoms with Gasteiger partial charge in [0.05, 0.1) is 5.56 Å². The zero-order valence-electron chi connectivity index (χ0n) is 10.1. The van der Waals surface area contributed by atoms with Crippen LogP contribution in [0.1, 0.15) is 11.1 Å². The molecule has 0 radical (unpaired) electrons. The van der Waals surface area contributed by atoms with E-state index in [1.54, 1.807) is 6.92 Å². The van der Waals surface area contributed by atoms with Crippen LogP contribution in [-0.4, -0.2) is 0 Å². The highest BCUT2D eigenvalue weighted by Gasteiger charge is 2.30. The van der Waals surface area contributed by atoms with Crippen LogP contribution in [0.25, 0.3) is 11.1 Å². The predicted molar refractivity (Wildman–Crippen MR) is 66.0 cm³/mol. The molecule has 2 N–H and O–H groups in total. The molecule has 2 aromatic rings. The normalized spacial score (nSPS) is 11.6. The van der Waals surface area contributed by atoms with Crippen molar-refractivity contribution in [1.82, 2.24) is 0 Å². The second-order valence-electron chi connectivity index (χ2n) is 4.26. The van der Waals surface area contributed by atoms with E-state index in [1.807, 2.05) is 0 Å². The van der Waals surface area contributed by atoms with E-state index in [4.69, 9.17) is 5.73 Å². The van der Waals surface area contributed by atoms with Crippen molar-refractivity contribution in [2.75, 3.05) is 5.73 Å². The molecule has 5 heteroatoms. The summed E-state index contributed by atoms with van der Waals surface area (Å²) in [6.45, 7) is 1.71. The molecule has 2 rings (SSSR count). The molecule has 0 atom stereocenters. The zero-order valence-corrected chi connectivity index (χ0v) is 10.1. The first-order valence-electron chi connectivity index (χ1n) is 5.52. The van der Waals surface area contributed by atoms with Crippen LogP contribution in [0.15, 0.2) is 36.4 Å². The SMILES string of the molecule is Cc1cc(-c2ccc(C(F)(F)F)cc2)c(F)cc1N. The van der Waals surface area contributed by atoms with E-state index < -0.39 is 17.6 Å². The molecule has 19 heavy (non-hydrogen) atoms. The van der Waals surface area contributed by atoms with Crippen molar-refractivity contribution in [3.63, 3.8) is 0 Å². The lowest BCUT2D eigenvalue weighted by molar-refractivity contribution is -0.137. The largest absolute Gasteiger partial charge is 0.416 e. The van der Waals surface area contributed by atoms with E-state index in [2.05, 4.69) is 0 Å². The van der Waals surface area contributed by atoms with E-state index >= 15 is 0 Å². The Morgan fingerprint density at radius 1 is 1.00 bits per heavy atom. The molecule has 100 valence electrons. The number of nitrogen functional groups attached to an aromatic ring is 1. The smallest absolute Gasteiger partial charge is 0.398 e. The van der Waals surface area contributed by atoms with E-state index in [0.717, 1.165) is 12.1 Å². The Balaban J connectivity index is 2.46. The summed E-state index contributed by atoms with van der Waals surface area (Å²) in [5, 5.41) is 0. The second-order valence-corrected chi connectivity index (χ2v) is 4.26. The van der Waals surface area contributed by atoms with Crippen molar-refractivity contribution >= 4 is 5.69 Å². The number of aryl methyl sites for hydroxylation is 1. The molecule has 0 aliphatic rings. The molecule has 0 saturated heterocycles. The fourth-order valence-corrected chi connectivity index (χ4v) is 1.76. The van der Waals surface area contributed by atoms with Crippen molar-refractivity contribution in [3.05, 3.63) is 53.3 Å². The van der Waals surface area contributed by atoms with Gasteiger partial charge < -0.3 is 5.73 Å². The van der Waals surface area contributed by atoms with Gasteiger partial charge in [-0.2, -0.15) is 13.2 Å². The number of nitrogens with two attached hydrogens (primary N) is 1. The monoisotopic (exact) mass is 269 g/mol. The number of hydrogen-bond donors (Lipinski definition) is 1. The molecule has 0 fully saturated rings. The molecule has 1 nitrogen and oxygen atoms in total. The molecule has 0 spiro atoms. The fourth-order valence-electron chi connectivity index (χ4n) is 1.76. The highest BCUT2D eigenvalue weighted by atomic mass is 19.4. The zero-order chi connectivity index (χ0) is 14.2. The van der Waals surface area contributed by atoms with Gasteiger partial charge in [-0.25, -0.2) is 4.39 Å². The molecular formula is C14H11F4N. The van der Waals surface area contributed by atoms with Crippen molar-refractivity contribution in [2.45, 2.75) is 13.1 Å². The molecule has 0 amide bonds. The van der Waals surface area contributed by atoms with Crippen LogP contribution >= 0.6 is 0 Å². The lowest BCUT2D eigenvalue weighted by Crippen LogP contribution is -2.04. The van der Waals surface area contributed by atoms with Gasteiger partial charge in [0.2, 0.25) is 0 Å². The average molecular weight is 269 g/mol. The highest BCUT2D eigenvalue weighted by Crippen LogP contribution is 2.32. The quantitative estimate of drug-likeness (QED) is 0.602. The fraction of sp³-hybridized carbons (Fsp3) is 0.143. The lowest BCUT2D eigenvalue weighted by atomic mass is 10.0. The van der Waals surface area contributed by atoms with Crippen LogP contribution in [0.4, 0.5) is 23.2 Å². The van der Waals surface area contributed by atoms with Gasteiger partial charge in [0, 0.05) is 11.3 Å². The Morgan fingerprint density at radius 3 is 2.11 bits per heavy atom.